The van der Waals surface area contributed by atoms with Gasteiger partial charge in [0.15, 0.2) is 0 Å². The van der Waals surface area contributed by atoms with Crippen LogP contribution in [0.25, 0.3) is 0 Å². The first-order valence-electron chi connectivity index (χ1n) is 7.72. The minimum atomic E-state index is -0.750. The smallest absolute Gasteiger partial charge is 0.249 e. The molecule has 6 heteroatoms. The molecule has 0 aromatic heterocycles. The highest BCUT2D eigenvalue weighted by Crippen LogP contribution is 2.24. The van der Waals surface area contributed by atoms with E-state index in [1.54, 1.807) is 18.9 Å². The number of amides is 2. The van der Waals surface area contributed by atoms with E-state index in [-0.39, 0.29) is 11.8 Å². The molecule has 122 valence electrons. The lowest BCUT2D eigenvalue weighted by molar-refractivity contribution is -0.155. The molecule has 6 nitrogen and oxygen atoms in total. The Kier molecular flexibility index (Phi) is 7.11. The molecule has 0 aromatic carbocycles. The van der Waals surface area contributed by atoms with E-state index in [0.29, 0.717) is 39.2 Å². The first-order valence-corrected chi connectivity index (χ1v) is 7.72. The predicted molar refractivity (Wildman–Crippen MR) is 79.9 cm³/mol. The summed E-state index contributed by atoms with van der Waals surface area (Å²) in [7, 11) is 1.65. The number of nitrogens with one attached hydrogen (secondary N) is 1. The molecule has 0 radical (unpaired) electrons. The van der Waals surface area contributed by atoms with Gasteiger partial charge in [0, 0.05) is 26.9 Å². The number of carbonyl (C=O) groups is 2. The zero-order chi connectivity index (χ0) is 15.9. The highest BCUT2D eigenvalue weighted by Gasteiger charge is 2.47. The van der Waals surface area contributed by atoms with E-state index in [1.165, 1.54) is 0 Å². The Hall–Kier alpha value is -1.14. The fraction of sp³-hybridized carbons (Fsp3) is 0.867. The Labute approximate surface area is 127 Å². The molecule has 0 aromatic rings. The molecule has 1 fully saturated rings. The molecule has 1 heterocycles. The zero-order valence-electron chi connectivity index (χ0n) is 13.6. The van der Waals surface area contributed by atoms with Crippen molar-refractivity contribution in [1.82, 2.24) is 10.2 Å². The second-order valence-corrected chi connectivity index (χ2v) is 5.41. The summed E-state index contributed by atoms with van der Waals surface area (Å²) in [5, 5.41) is 2.89. The van der Waals surface area contributed by atoms with Crippen LogP contribution in [0.4, 0.5) is 0 Å². The normalized spacial score (nSPS) is 21.5. The number of hydrogen-bond donors (Lipinski definition) is 1. The van der Waals surface area contributed by atoms with Crippen molar-refractivity contribution in [1.29, 1.82) is 0 Å². The third-order valence-electron chi connectivity index (χ3n) is 4.20. The maximum absolute atomic E-state index is 12.7. The van der Waals surface area contributed by atoms with Gasteiger partial charge in [-0.05, 0) is 26.2 Å². The van der Waals surface area contributed by atoms with E-state index < -0.39 is 11.6 Å². The van der Waals surface area contributed by atoms with E-state index in [9.17, 15) is 9.59 Å². The average molecular weight is 300 g/mol. The first-order chi connectivity index (χ1) is 10.0. The summed E-state index contributed by atoms with van der Waals surface area (Å²) < 4.78 is 10.4. The Morgan fingerprint density at radius 2 is 1.86 bits per heavy atom. The fourth-order valence-corrected chi connectivity index (χ4v) is 2.58. The monoisotopic (exact) mass is 300 g/mol. The number of carbonyl (C=O) groups excluding carboxylic acids is 2. The topological polar surface area (TPSA) is 67.9 Å². The molecule has 0 aliphatic carbocycles. The molecule has 1 N–H and O–H groups in total. The Morgan fingerprint density at radius 1 is 1.19 bits per heavy atom. The molecule has 1 saturated heterocycles. The summed E-state index contributed by atoms with van der Waals surface area (Å²) in [5.74, 6) is -0.0854. The molecule has 1 atom stereocenters. The van der Waals surface area contributed by atoms with Gasteiger partial charge in [-0.2, -0.15) is 0 Å². The van der Waals surface area contributed by atoms with Crippen LogP contribution in [-0.2, 0) is 19.1 Å². The minimum Gasteiger partial charge on any atom is -0.385 e. The van der Waals surface area contributed by atoms with Crippen LogP contribution in [0, 0.1) is 0 Å². The summed E-state index contributed by atoms with van der Waals surface area (Å²) in [6.45, 7) is 7.76. The summed E-state index contributed by atoms with van der Waals surface area (Å²) in [6, 6.07) is -0.439. The van der Waals surface area contributed by atoms with Crippen molar-refractivity contribution in [2.45, 2.75) is 51.6 Å². The molecule has 0 saturated carbocycles. The third kappa shape index (κ3) is 4.17. The van der Waals surface area contributed by atoms with Crippen LogP contribution in [0.1, 0.15) is 40.0 Å². The zero-order valence-corrected chi connectivity index (χ0v) is 13.6. The SMILES string of the molecule is CCC1(CC)NC(=O)C(C)N(CCOCCCOC)C1=O. The van der Waals surface area contributed by atoms with Crippen LogP contribution in [0.5, 0.6) is 0 Å². The van der Waals surface area contributed by atoms with Crippen molar-refractivity contribution in [2.75, 3.05) is 33.5 Å². The number of nitrogens with zero attached hydrogens (tertiary/aromatic N) is 1. The maximum atomic E-state index is 12.7. The standard InChI is InChI=1S/C15H28N2O4/c1-5-15(6-2)14(19)17(12(3)13(18)16-15)8-11-21-10-7-9-20-4/h12H,5-11H2,1-4H3,(H,16,18). The second kappa shape index (κ2) is 8.34. The quantitative estimate of drug-likeness (QED) is 0.644. The van der Waals surface area contributed by atoms with Crippen LogP contribution < -0.4 is 5.32 Å². The van der Waals surface area contributed by atoms with E-state index in [2.05, 4.69) is 5.32 Å². The molecule has 2 amide bonds. The molecule has 1 aliphatic rings. The number of hydrogen-bond acceptors (Lipinski definition) is 4. The Morgan fingerprint density at radius 3 is 2.43 bits per heavy atom. The molecule has 1 rings (SSSR count). The Bertz CT molecular complexity index is 356. The van der Waals surface area contributed by atoms with Gasteiger partial charge in [0.25, 0.3) is 0 Å². The van der Waals surface area contributed by atoms with E-state index in [1.807, 2.05) is 13.8 Å². The molecule has 21 heavy (non-hydrogen) atoms. The van der Waals surface area contributed by atoms with Gasteiger partial charge in [0.2, 0.25) is 11.8 Å². The predicted octanol–water partition coefficient (Wildman–Crippen LogP) is 0.945. The molecule has 1 unspecified atom stereocenters. The van der Waals surface area contributed by atoms with Crippen molar-refractivity contribution < 1.29 is 19.1 Å². The van der Waals surface area contributed by atoms with Crippen LogP contribution in [0.2, 0.25) is 0 Å². The lowest BCUT2D eigenvalue weighted by atomic mass is 9.87. The lowest BCUT2D eigenvalue weighted by Gasteiger charge is -2.44. The Balaban J connectivity index is 2.57. The first kappa shape index (κ1) is 17.9. The lowest BCUT2D eigenvalue weighted by Crippen LogP contribution is -2.69. The molecular weight excluding hydrogens is 272 g/mol. The van der Waals surface area contributed by atoms with Crippen molar-refractivity contribution in [3.05, 3.63) is 0 Å². The summed E-state index contributed by atoms with van der Waals surface area (Å²) in [6.07, 6.45) is 2.03. The van der Waals surface area contributed by atoms with Crippen LogP contribution in [0.15, 0.2) is 0 Å². The van der Waals surface area contributed by atoms with Crippen molar-refractivity contribution in [2.24, 2.45) is 0 Å². The van der Waals surface area contributed by atoms with Crippen LogP contribution in [0.3, 0.4) is 0 Å². The fourth-order valence-electron chi connectivity index (χ4n) is 2.58. The van der Waals surface area contributed by atoms with Gasteiger partial charge < -0.3 is 19.7 Å². The second-order valence-electron chi connectivity index (χ2n) is 5.41. The summed E-state index contributed by atoms with van der Waals surface area (Å²) in [5.41, 5.74) is -0.750. The highest BCUT2D eigenvalue weighted by atomic mass is 16.5. The van der Waals surface area contributed by atoms with Crippen LogP contribution >= 0.6 is 0 Å². The number of ether oxygens (including phenoxy) is 2. The summed E-state index contributed by atoms with van der Waals surface area (Å²) >= 11 is 0. The van der Waals surface area contributed by atoms with Gasteiger partial charge in [-0.3, -0.25) is 9.59 Å². The van der Waals surface area contributed by atoms with Crippen LogP contribution in [-0.4, -0.2) is 61.8 Å². The van der Waals surface area contributed by atoms with E-state index in [4.69, 9.17) is 9.47 Å². The van der Waals surface area contributed by atoms with E-state index >= 15 is 0 Å². The van der Waals surface area contributed by atoms with Gasteiger partial charge in [-0.1, -0.05) is 13.8 Å². The van der Waals surface area contributed by atoms with Crippen molar-refractivity contribution in [3.8, 4) is 0 Å². The number of methoxy groups -OCH3 is 1. The van der Waals surface area contributed by atoms with Gasteiger partial charge in [-0.25, -0.2) is 0 Å². The minimum absolute atomic E-state index is 0.0000847. The number of piperazine rings is 1. The molecule has 0 spiro atoms. The molecule has 1 aliphatic heterocycles. The average Bonchev–Trinajstić information content (AvgIpc) is 2.49. The maximum Gasteiger partial charge on any atom is 0.249 e. The number of rotatable bonds is 9. The summed E-state index contributed by atoms with van der Waals surface area (Å²) in [4.78, 5) is 26.4. The van der Waals surface area contributed by atoms with Gasteiger partial charge in [0.1, 0.15) is 11.6 Å². The van der Waals surface area contributed by atoms with Crippen molar-refractivity contribution >= 4 is 11.8 Å². The third-order valence-corrected chi connectivity index (χ3v) is 4.20. The van der Waals surface area contributed by atoms with Gasteiger partial charge >= 0.3 is 0 Å². The van der Waals surface area contributed by atoms with Gasteiger partial charge in [0.05, 0.1) is 6.61 Å². The molecular formula is C15H28N2O4. The highest BCUT2D eigenvalue weighted by molar-refractivity contribution is 5.99. The molecule has 0 bridgehead atoms. The van der Waals surface area contributed by atoms with E-state index in [0.717, 1.165) is 6.42 Å². The van der Waals surface area contributed by atoms with Crippen molar-refractivity contribution in [3.63, 3.8) is 0 Å². The largest absolute Gasteiger partial charge is 0.385 e. The van der Waals surface area contributed by atoms with Gasteiger partial charge in [-0.15, -0.1) is 0 Å².